The normalized spacial score (nSPS) is 11.5. The molecular weight excluding hydrogens is 384 g/mol. The molecule has 2 N–H and O–H groups in total. The van der Waals surface area contributed by atoms with E-state index >= 15 is 0 Å². The van der Waals surface area contributed by atoms with Crippen LogP contribution in [-0.2, 0) is 4.79 Å². The molecule has 5 nitrogen and oxygen atoms in total. The van der Waals surface area contributed by atoms with E-state index in [0.717, 1.165) is 21.3 Å². The largest absolute Gasteiger partial charge is 0.496 e. The summed E-state index contributed by atoms with van der Waals surface area (Å²) in [5.41, 5.74) is 2.47. The van der Waals surface area contributed by atoms with E-state index in [9.17, 15) is 9.59 Å². The minimum atomic E-state index is -0.265. The summed E-state index contributed by atoms with van der Waals surface area (Å²) < 4.78 is 6.02. The van der Waals surface area contributed by atoms with Crippen molar-refractivity contribution < 1.29 is 14.3 Å². The summed E-state index contributed by atoms with van der Waals surface area (Å²) in [7, 11) is 1.60. The van der Waals surface area contributed by atoms with Crippen LogP contribution in [0.2, 0.25) is 0 Å². The number of benzene rings is 2. The lowest BCUT2D eigenvalue weighted by Crippen LogP contribution is -2.38. The molecule has 6 heteroatoms. The Morgan fingerprint density at radius 1 is 1.20 bits per heavy atom. The Hall–Kier alpha value is -2.34. The number of hydrogen-bond donors (Lipinski definition) is 2. The van der Waals surface area contributed by atoms with Gasteiger partial charge in [0.25, 0.3) is 5.91 Å². The van der Waals surface area contributed by atoms with Crippen molar-refractivity contribution in [3.8, 4) is 5.75 Å². The summed E-state index contributed by atoms with van der Waals surface area (Å²) in [6, 6.07) is 12.7. The summed E-state index contributed by atoms with van der Waals surface area (Å²) in [4.78, 5) is 24.1. The lowest BCUT2D eigenvalue weighted by Gasteiger charge is -2.16. The van der Waals surface area contributed by atoms with Gasteiger partial charge in [-0.15, -0.1) is 0 Å². The van der Waals surface area contributed by atoms with E-state index in [1.54, 1.807) is 19.2 Å². The number of rotatable bonds is 6. The average Bonchev–Trinajstić information content (AvgIpc) is 2.59. The average molecular weight is 405 g/mol. The van der Waals surface area contributed by atoms with E-state index < -0.39 is 0 Å². The third kappa shape index (κ3) is 5.32. The molecule has 1 atom stereocenters. The van der Waals surface area contributed by atoms with Gasteiger partial charge in [0, 0.05) is 5.56 Å². The second kappa shape index (κ2) is 8.67. The topological polar surface area (TPSA) is 67.4 Å². The second-order valence-corrected chi connectivity index (χ2v) is 6.59. The van der Waals surface area contributed by atoms with Crippen molar-refractivity contribution in [2.75, 3.05) is 13.7 Å². The first-order chi connectivity index (χ1) is 11.9. The third-order valence-electron chi connectivity index (χ3n) is 3.74. The Morgan fingerprint density at radius 2 is 1.96 bits per heavy atom. The highest BCUT2D eigenvalue weighted by Gasteiger charge is 2.13. The van der Waals surface area contributed by atoms with Crippen LogP contribution in [0.4, 0.5) is 0 Å². The molecule has 0 fully saturated rings. The highest BCUT2D eigenvalue weighted by Crippen LogP contribution is 2.27. The predicted molar refractivity (Wildman–Crippen MR) is 101 cm³/mol. The van der Waals surface area contributed by atoms with Crippen LogP contribution in [0.15, 0.2) is 46.9 Å². The molecule has 0 bridgehead atoms. The van der Waals surface area contributed by atoms with Crippen molar-refractivity contribution in [2.24, 2.45) is 0 Å². The number of halogens is 1. The molecule has 0 aromatic heterocycles. The van der Waals surface area contributed by atoms with Crippen molar-refractivity contribution in [2.45, 2.75) is 19.9 Å². The van der Waals surface area contributed by atoms with E-state index in [1.807, 2.05) is 44.2 Å². The molecule has 2 rings (SSSR count). The first-order valence-corrected chi connectivity index (χ1v) is 8.67. The maximum Gasteiger partial charge on any atom is 0.251 e. The molecule has 2 aromatic carbocycles. The summed E-state index contributed by atoms with van der Waals surface area (Å²) in [6.45, 7) is 3.72. The summed E-state index contributed by atoms with van der Waals surface area (Å²) >= 11 is 3.43. The Labute approximate surface area is 155 Å². The van der Waals surface area contributed by atoms with E-state index in [-0.39, 0.29) is 24.4 Å². The maximum absolute atomic E-state index is 12.1. The number of aryl methyl sites for hydroxylation is 1. The van der Waals surface area contributed by atoms with Crippen molar-refractivity contribution in [3.05, 3.63) is 63.6 Å². The molecule has 0 heterocycles. The minimum absolute atomic E-state index is 0.0750. The van der Waals surface area contributed by atoms with Crippen LogP contribution in [-0.4, -0.2) is 25.5 Å². The summed E-state index contributed by atoms with van der Waals surface area (Å²) in [6.07, 6.45) is 0. The van der Waals surface area contributed by atoms with Gasteiger partial charge < -0.3 is 15.4 Å². The van der Waals surface area contributed by atoms with Crippen LogP contribution in [0.1, 0.15) is 34.5 Å². The monoisotopic (exact) mass is 404 g/mol. The zero-order valence-electron chi connectivity index (χ0n) is 14.4. The molecule has 0 radical (unpaired) electrons. The molecule has 25 heavy (non-hydrogen) atoms. The summed E-state index contributed by atoms with van der Waals surface area (Å²) in [5, 5.41) is 5.50. The zero-order valence-corrected chi connectivity index (χ0v) is 16.0. The number of carbonyl (C=O) groups is 2. The van der Waals surface area contributed by atoms with E-state index in [4.69, 9.17) is 4.74 Å². The third-order valence-corrected chi connectivity index (χ3v) is 4.36. The van der Waals surface area contributed by atoms with Crippen molar-refractivity contribution >= 4 is 27.7 Å². The molecule has 0 unspecified atom stereocenters. The second-order valence-electron chi connectivity index (χ2n) is 5.74. The van der Waals surface area contributed by atoms with Crippen LogP contribution in [0, 0.1) is 6.92 Å². The van der Waals surface area contributed by atoms with Gasteiger partial charge in [0.2, 0.25) is 5.91 Å². The van der Waals surface area contributed by atoms with Gasteiger partial charge in [-0.25, -0.2) is 0 Å². The Morgan fingerprint density at radius 3 is 2.60 bits per heavy atom. The van der Waals surface area contributed by atoms with E-state index in [2.05, 4.69) is 26.6 Å². The van der Waals surface area contributed by atoms with Gasteiger partial charge in [-0.3, -0.25) is 9.59 Å². The number of hydrogen-bond acceptors (Lipinski definition) is 3. The fourth-order valence-corrected chi connectivity index (χ4v) is 2.94. The molecule has 0 spiro atoms. The number of nitrogens with one attached hydrogen (secondary N) is 2. The Kier molecular flexibility index (Phi) is 6.58. The molecule has 2 amide bonds. The van der Waals surface area contributed by atoms with Gasteiger partial charge in [-0.05, 0) is 59.6 Å². The molecule has 2 aromatic rings. The minimum Gasteiger partial charge on any atom is -0.496 e. The maximum atomic E-state index is 12.1. The number of methoxy groups -OCH3 is 1. The Balaban J connectivity index is 1.89. The van der Waals surface area contributed by atoms with Crippen LogP contribution < -0.4 is 15.4 Å². The molecule has 132 valence electrons. The van der Waals surface area contributed by atoms with E-state index in [0.29, 0.717) is 5.56 Å². The van der Waals surface area contributed by atoms with Crippen molar-refractivity contribution in [1.82, 2.24) is 10.6 Å². The van der Waals surface area contributed by atoms with Crippen LogP contribution in [0.5, 0.6) is 5.75 Å². The fraction of sp³-hybridized carbons (Fsp3) is 0.263. The quantitative estimate of drug-likeness (QED) is 0.775. The predicted octanol–water partition coefficient (Wildman–Crippen LogP) is 3.37. The van der Waals surface area contributed by atoms with Crippen LogP contribution in [0.25, 0.3) is 0 Å². The van der Waals surface area contributed by atoms with Gasteiger partial charge in [-0.1, -0.05) is 23.8 Å². The van der Waals surface area contributed by atoms with Crippen LogP contribution in [0.3, 0.4) is 0 Å². The molecule has 0 saturated heterocycles. The standard InChI is InChI=1S/C19H21BrN2O3/c1-12-5-4-6-15(9-12)19(24)21-11-18(23)22-13(2)14-7-8-17(25-3)16(20)10-14/h4-10,13H,11H2,1-3H3,(H,21,24)(H,22,23)/t13-/m1/s1. The SMILES string of the molecule is COc1ccc([C@@H](C)NC(=O)CNC(=O)c2cccc(C)c2)cc1Br. The zero-order chi connectivity index (χ0) is 18.4. The molecule has 0 saturated carbocycles. The number of amides is 2. The van der Waals surface area contributed by atoms with Gasteiger partial charge >= 0.3 is 0 Å². The summed E-state index contributed by atoms with van der Waals surface area (Å²) in [5.74, 6) is 0.215. The van der Waals surface area contributed by atoms with E-state index in [1.165, 1.54) is 0 Å². The van der Waals surface area contributed by atoms with Gasteiger partial charge in [-0.2, -0.15) is 0 Å². The molecule has 0 aliphatic heterocycles. The molecule has 0 aliphatic rings. The first kappa shape index (κ1) is 19.0. The van der Waals surface area contributed by atoms with Gasteiger partial charge in [0.05, 0.1) is 24.2 Å². The van der Waals surface area contributed by atoms with Crippen molar-refractivity contribution in [3.63, 3.8) is 0 Å². The van der Waals surface area contributed by atoms with Gasteiger partial charge in [0.1, 0.15) is 5.75 Å². The smallest absolute Gasteiger partial charge is 0.251 e. The fourth-order valence-electron chi connectivity index (χ4n) is 2.38. The number of ether oxygens (including phenoxy) is 1. The Bertz CT molecular complexity index is 777. The lowest BCUT2D eigenvalue weighted by molar-refractivity contribution is -0.120. The lowest BCUT2D eigenvalue weighted by atomic mass is 10.1. The molecule has 0 aliphatic carbocycles. The highest BCUT2D eigenvalue weighted by molar-refractivity contribution is 9.10. The van der Waals surface area contributed by atoms with Crippen molar-refractivity contribution in [1.29, 1.82) is 0 Å². The highest BCUT2D eigenvalue weighted by atomic mass is 79.9. The van der Waals surface area contributed by atoms with Gasteiger partial charge in [0.15, 0.2) is 0 Å². The number of carbonyl (C=O) groups excluding carboxylic acids is 2. The van der Waals surface area contributed by atoms with Crippen LogP contribution >= 0.6 is 15.9 Å². The first-order valence-electron chi connectivity index (χ1n) is 7.88. The molecular formula is C19H21BrN2O3.